The molecule has 0 radical (unpaired) electrons. The monoisotopic (exact) mass is 302 g/mol. The first-order valence-electron chi connectivity index (χ1n) is 6.31. The lowest BCUT2D eigenvalue weighted by Crippen LogP contribution is -2.46. The van der Waals surface area contributed by atoms with Crippen molar-refractivity contribution in [2.45, 2.75) is 18.9 Å². The van der Waals surface area contributed by atoms with Gasteiger partial charge in [-0.25, -0.2) is 13.2 Å². The van der Waals surface area contributed by atoms with Gasteiger partial charge < -0.3 is 15.3 Å². The van der Waals surface area contributed by atoms with Gasteiger partial charge in [0, 0.05) is 25.2 Å². The highest BCUT2D eigenvalue weighted by Crippen LogP contribution is 2.20. The van der Waals surface area contributed by atoms with Crippen LogP contribution in [0.3, 0.4) is 0 Å². The maximum absolute atomic E-state index is 13.4. The minimum absolute atomic E-state index is 0.0133. The average Bonchev–Trinajstić information content (AvgIpc) is 2.41. The number of likely N-dealkylation sites (tertiary alicyclic amines) is 1. The summed E-state index contributed by atoms with van der Waals surface area (Å²) >= 11 is 0. The summed E-state index contributed by atoms with van der Waals surface area (Å²) in [4.78, 5) is 24.6. The standard InChI is InChI=1S/C13H13F3N2O3/c14-7-4-9(15)11(10(16)5-7)17-12(20)13(21)18-3-1-2-8(19)6-18/h4-5,8,19H,1-3,6H2,(H,17,20). The maximum Gasteiger partial charge on any atom is 0.314 e. The Morgan fingerprint density at radius 1 is 1.24 bits per heavy atom. The zero-order valence-electron chi connectivity index (χ0n) is 10.9. The Hall–Kier alpha value is -2.09. The van der Waals surface area contributed by atoms with Crippen molar-refractivity contribution in [2.75, 3.05) is 18.4 Å². The Kier molecular flexibility index (Phi) is 4.46. The van der Waals surface area contributed by atoms with Crippen LogP contribution >= 0.6 is 0 Å². The molecule has 0 bridgehead atoms. The second-order valence-corrected chi connectivity index (χ2v) is 4.75. The van der Waals surface area contributed by atoms with Crippen molar-refractivity contribution in [1.82, 2.24) is 4.90 Å². The topological polar surface area (TPSA) is 69.6 Å². The number of nitrogens with one attached hydrogen (secondary N) is 1. The predicted molar refractivity (Wildman–Crippen MR) is 66.8 cm³/mol. The van der Waals surface area contributed by atoms with E-state index < -0.39 is 41.1 Å². The fourth-order valence-electron chi connectivity index (χ4n) is 2.11. The number of hydrogen-bond acceptors (Lipinski definition) is 3. The summed E-state index contributed by atoms with van der Waals surface area (Å²) in [6.45, 7) is 0.262. The Labute approximate surface area is 118 Å². The van der Waals surface area contributed by atoms with E-state index in [2.05, 4.69) is 0 Å². The average molecular weight is 302 g/mol. The van der Waals surface area contributed by atoms with E-state index >= 15 is 0 Å². The van der Waals surface area contributed by atoms with Gasteiger partial charge in [-0.1, -0.05) is 0 Å². The van der Waals surface area contributed by atoms with Crippen LogP contribution in [0.4, 0.5) is 18.9 Å². The van der Waals surface area contributed by atoms with Crippen molar-refractivity contribution in [3.8, 4) is 0 Å². The summed E-state index contributed by atoms with van der Waals surface area (Å²) in [6, 6.07) is 0.793. The number of amides is 2. The number of rotatable bonds is 1. The zero-order valence-corrected chi connectivity index (χ0v) is 10.9. The molecule has 2 N–H and O–H groups in total. The number of nitrogens with zero attached hydrogens (tertiary/aromatic N) is 1. The van der Waals surface area contributed by atoms with Crippen LogP contribution in [-0.4, -0.2) is 41.0 Å². The van der Waals surface area contributed by atoms with Crippen LogP contribution in [0.2, 0.25) is 0 Å². The minimum atomic E-state index is -1.31. The first-order valence-corrected chi connectivity index (χ1v) is 6.31. The van der Waals surface area contributed by atoms with Gasteiger partial charge in [0.1, 0.15) is 11.5 Å². The molecule has 1 aromatic rings. The van der Waals surface area contributed by atoms with Crippen LogP contribution in [0.1, 0.15) is 12.8 Å². The van der Waals surface area contributed by atoms with E-state index in [1.165, 1.54) is 0 Å². The Morgan fingerprint density at radius 2 is 1.86 bits per heavy atom. The van der Waals surface area contributed by atoms with E-state index in [4.69, 9.17) is 0 Å². The summed E-state index contributed by atoms with van der Waals surface area (Å²) in [5.74, 6) is -6.00. The Morgan fingerprint density at radius 3 is 2.43 bits per heavy atom. The van der Waals surface area contributed by atoms with Crippen molar-refractivity contribution in [1.29, 1.82) is 0 Å². The number of halogens is 3. The third kappa shape index (κ3) is 3.52. The number of β-amino-alcohol motifs (C(OH)–C–C–N with tert-alkyl or cyclic N) is 1. The van der Waals surface area contributed by atoms with Crippen molar-refractivity contribution >= 4 is 17.5 Å². The summed E-state index contributed by atoms with van der Waals surface area (Å²) in [6.07, 6.45) is 0.321. The van der Waals surface area contributed by atoms with Crippen LogP contribution in [0, 0.1) is 17.5 Å². The number of piperidine rings is 1. The molecule has 1 fully saturated rings. The Bertz CT molecular complexity index is 557. The van der Waals surface area contributed by atoms with Gasteiger partial charge in [0.15, 0.2) is 11.6 Å². The molecule has 5 nitrogen and oxygen atoms in total. The van der Waals surface area contributed by atoms with Gasteiger partial charge in [0.25, 0.3) is 0 Å². The lowest BCUT2D eigenvalue weighted by molar-refractivity contribution is -0.145. The molecule has 0 aliphatic carbocycles. The highest BCUT2D eigenvalue weighted by Gasteiger charge is 2.28. The molecule has 1 aromatic carbocycles. The van der Waals surface area contributed by atoms with Crippen LogP contribution in [0.5, 0.6) is 0 Å². The van der Waals surface area contributed by atoms with Gasteiger partial charge in [-0.3, -0.25) is 9.59 Å². The molecule has 114 valence electrons. The number of carbonyl (C=O) groups excluding carboxylic acids is 2. The van der Waals surface area contributed by atoms with Gasteiger partial charge in [0.05, 0.1) is 6.10 Å². The molecule has 1 aliphatic rings. The van der Waals surface area contributed by atoms with E-state index in [1.54, 1.807) is 5.32 Å². The van der Waals surface area contributed by atoms with E-state index in [0.29, 0.717) is 25.0 Å². The van der Waals surface area contributed by atoms with Gasteiger partial charge in [-0.2, -0.15) is 0 Å². The smallest absolute Gasteiger partial charge is 0.314 e. The van der Waals surface area contributed by atoms with E-state index in [9.17, 15) is 27.9 Å². The highest BCUT2D eigenvalue weighted by molar-refractivity contribution is 6.39. The quantitative estimate of drug-likeness (QED) is 0.761. The van der Waals surface area contributed by atoms with Crippen molar-refractivity contribution in [3.63, 3.8) is 0 Å². The van der Waals surface area contributed by atoms with Crippen LogP contribution in [0.15, 0.2) is 12.1 Å². The number of aliphatic hydroxyl groups is 1. The number of anilines is 1. The zero-order chi connectivity index (χ0) is 15.6. The maximum atomic E-state index is 13.4. The van der Waals surface area contributed by atoms with Gasteiger partial charge >= 0.3 is 11.8 Å². The molecule has 2 rings (SSSR count). The van der Waals surface area contributed by atoms with E-state index in [-0.39, 0.29) is 13.1 Å². The molecule has 0 saturated carbocycles. The fraction of sp³-hybridized carbons (Fsp3) is 0.385. The van der Waals surface area contributed by atoms with Gasteiger partial charge in [-0.05, 0) is 12.8 Å². The van der Waals surface area contributed by atoms with Crippen molar-refractivity contribution in [3.05, 3.63) is 29.6 Å². The number of benzene rings is 1. The normalized spacial score (nSPS) is 18.5. The molecule has 1 atom stereocenters. The molecular weight excluding hydrogens is 289 g/mol. The summed E-state index contributed by atoms with van der Waals surface area (Å²) in [5.41, 5.74) is -0.882. The SMILES string of the molecule is O=C(Nc1c(F)cc(F)cc1F)C(=O)N1CCCC(O)C1. The fourth-order valence-corrected chi connectivity index (χ4v) is 2.11. The molecule has 1 saturated heterocycles. The van der Waals surface area contributed by atoms with Crippen molar-refractivity contribution < 1.29 is 27.9 Å². The first kappa shape index (κ1) is 15.3. The summed E-state index contributed by atoms with van der Waals surface area (Å²) in [5, 5.41) is 11.2. The van der Waals surface area contributed by atoms with E-state index in [0.717, 1.165) is 4.90 Å². The van der Waals surface area contributed by atoms with E-state index in [1.807, 2.05) is 0 Å². The molecule has 0 spiro atoms. The number of hydrogen-bond donors (Lipinski definition) is 2. The molecule has 21 heavy (non-hydrogen) atoms. The molecule has 1 aliphatic heterocycles. The summed E-state index contributed by atoms with van der Waals surface area (Å²) in [7, 11) is 0. The largest absolute Gasteiger partial charge is 0.391 e. The first-order chi connectivity index (χ1) is 9.88. The van der Waals surface area contributed by atoms with Crippen LogP contribution < -0.4 is 5.32 Å². The minimum Gasteiger partial charge on any atom is -0.391 e. The third-order valence-corrected chi connectivity index (χ3v) is 3.12. The third-order valence-electron chi connectivity index (χ3n) is 3.12. The van der Waals surface area contributed by atoms with Gasteiger partial charge in [-0.15, -0.1) is 0 Å². The Balaban J connectivity index is 2.09. The molecule has 0 aromatic heterocycles. The number of carbonyl (C=O) groups is 2. The lowest BCUT2D eigenvalue weighted by Gasteiger charge is -2.29. The molecule has 1 unspecified atom stereocenters. The lowest BCUT2D eigenvalue weighted by atomic mass is 10.1. The summed E-state index contributed by atoms with van der Waals surface area (Å²) < 4.78 is 39.5. The van der Waals surface area contributed by atoms with Gasteiger partial charge in [0.2, 0.25) is 0 Å². The second-order valence-electron chi connectivity index (χ2n) is 4.75. The van der Waals surface area contributed by atoms with Crippen molar-refractivity contribution in [2.24, 2.45) is 0 Å². The molecule has 8 heteroatoms. The molecule has 2 amide bonds. The van der Waals surface area contributed by atoms with Crippen LogP contribution in [0.25, 0.3) is 0 Å². The molecular formula is C13H13F3N2O3. The highest BCUT2D eigenvalue weighted by atomic mass is 19.1. The molecule has 1 heterocycles. The second kappa shape index (κ2) is 6.13. The number of aliphatic hydroxyl groups excluding tert-OH is 1. The predicted octanol–water partition coefficient (Wildman–Crippen LogP) is 1.03. The van der Waals surface area contributed by atoms with Crippen LogP contribution in [-0.2, 0) is 9.59 Å².